The summed E-state index contributed by atoms with van der Waals surface area (Å²) in [7, 11) is 0. The van der Waals surface area contributed by atoms with Crippen molar-refractivity contribution in [3.05, 3.63) is 42.4 Å². The maximum atomic E-state index is 12.9. The molecule has 7 N–H and O–H groups in total. The van der Waals surface area contributed by atoms with Crippen molar-refractivity contribution in [1.29, 1.82) is 0 Å². The molecule has 0 unspecified atom stereocenters. The van der Waals surface area contributed by atoms with Crippen LogP contribution in [0.15, 0.2) is 36.7 Å². The minimum atomic E-state index is -0.326. The lowest BCUT2D eigenvalue weighted by molar-refractivity contribution is 0.102. The number of amides is 1. The molecule has 1 amide bonds. The maximum absolute atomic E-state index is 12.9. The number of anilines is 3. The van der Waals surface area contributed by atoms with Gasteiger partial charge in [-0.05, 0) is 50.8 Å². The van der Waals surface area contributed by atoms with Crippen LogP contribution in [0.25, 0.3) is 5.65 Å². The van der Waals surface area contributed by atoms with Gasteiger partial charge in [0.05, 0.1) is 11.9 Å². The van der Waals surface area contributed by atoms with Crippen molar-refractivity contribution in [2.75, 3.05) is 29.0 Å². The van der Waals surface area contributed by atoms with Crippen LogP contribution in [-0.2, 0) is 0 Å². The van der Waals surface area contributed by atoms with E-state index in [9.17, 15) is 4.79 Å². The highest BCUT2D eigenvalue weighted by Gasteiger charge is 2.21. The Bertz CT molecular complexity index is 1010. The second-order valence-corrected chi connectivity index (χ2v) is 7.82. The van der Waals surface area contributed by atoms with Crippen LogP contribution in [0.1, 0.15) is 42.6 Å². The first-order chi connectivity index (χ1) is 15.1. The van der Waals surface area contributed by atoms with E-state index in [0.717, 1.165) is 37.8 Å². The summed E-state index contributed by atoms with van der Waals surface area (Å²) in [6.07, 6.45) is 7.94. The first kappa shape index (κ1) is 21.0. The number of imidazole rings is 1. The van der Waals surface area contributed by atoms with Gasteiger partial charge in [-0.1, -0.05) is 6.07 Å². The molecule has 1 fully saturated rings. The molecule has 4 rings (SSSR count). The van der Waals surface area contributed by atoms with Gasteiger partial charge >= 0.3 is 0 Å². The lowest BCUT2D eigenvalue weighted by atomic mass is 9.92. The van der Waals surface area contributed by atoms with Gasteiger partial charge in [-0.25, -0.2) is 14.5 Å². The van der Waals surface area contributed by atoms with Crippen LogP contribution >= 0.6 is 0 Å². The molecule has 1 aliphatic carbocycles. The van der Waals surface area contributed by atoms with Crippen LogP contribution < -0.4 is 27.4 Å². The molecule has 10 heteroatoms. The lowest BCUT2D eigenvalue weighted by Gasteiger charge is -2.27. The molecule has 0 aromatic carbocycles. The molecular formula is C21H29N9O. The fourth-order valence-electron chi connectivity index (χ4n) is 3.74. The summed E-state index contributed by atoms with van der Waals surface area (Å²) in [5.41, 5.74) is 13.4. The maximum Gasteiger partial charge on any atom is 0.277 e. The van der Waals surface area contributed by atoms with Crippen LogP contribution in [0.4, 0.5) is 17.3 Å². The Morgan fingerprint density at radius 2 is 2.00 bits per heavy atom. The third-order valence-corrected chi connectivity index (χ3v) is 5.43. The summed E-state index contributed by atoms with van der Waals surface area (Å²) in [6, 6.07) is 7.85. The SMILES string of the molecule is NCCCNc1cc(NC2CCC(N)CC2)nn2c(C(=O)Nc3ccccn3)cnc12. The van der Waals surface area contributed by atoms with Crippen molar-refractivity contribution in [3.63, 3.8) is 0 Å². The molecule has 0 bridgehead atoms. The highest BCUT2D eigenvalue weighted by molar-refractivity contribution is 6.03. The van der Waals surface area contributed by atoms with Gasteiger partial charge in [0.25, 0.3) is 5.91 Å². The zero-order valence-corrected chi connectivity index (χ0v) is 17.4. The molecule has 10 nitrogen and oxygen atoms in total. The van der Waals surface area contributed by atoms with E-state index >= 15 is 0 Å². The topological polar surface area (TPSA) is 148 Å². The fourth-order valence-corrected chi connectivity index (χ4v) is 3.74. The quantitative estimate of drug-likeness (QED) is 0.345. The summed E-state index contributed by atoms with van der Waals surface area (Å²) in [6.45, 7) is 1.30. The largest absolute Gasteiger partial charge is 0.382 e. The zero-order valence-electron chi connectivity index (χ0n) is 17.4. The van der Waals surface area contributed by atoms with Crippen molar-refractivity contribution in [2.24, 2.45) is 11.5 Å². The Kier molecular flexibility index (Phi) is 6.58. The number of nitrogens with one attached hydrogen (secondary N) is 3. The van der Waals surface area contributed by atoms with Crippen molar-refractivity contribution in [3.8, 4) is 0 Å². The van der Waals surface area contributed by atoms with E-state index in [2.05, 4.69) is 31.0 Å². The predicted octanol–water partition coefficient (Wildman–Crippen LogP) is 1.82. The Morgan fingerprint density at radius 3 is 2.74 bits per heavy atom. The summed E-state index contributed by atoms with van der Waals surface area (Å²) in [4.78, 5) is 21.5. The Hall–Kier alpha value is -3.24. The highest BCUT2D eigenvalue weighted by atomic mass is 16.2. The third kappa shape index (κ3) is 5.09. The minimum absolute atomic E-state index is 0.275. The highest BCUT2D eigenvalue weighted by Crippen LogP contribution is 2.24. The third-order valence-electron chi connectivity index (χ3n) is 5.43. The molecule has 1 saturated carbocycles. The number of carbonyl (C=O) groups is 1. The number of carbonyl (C=O) groups excluding carboxylic acids is 1. The minimum Gasteiger partial charge on any atom is -0.382 e. The van der Waals surface area contributed by atoms with Crippen molar-refractivity contribution in [1.82, 2.24) is 19.6 Å². The number of aromatic nitrogens is 4. The lowest BCUT2D eigenvalue weighted by Crippen LogP contribution is -2.33. The Labute approximate surface area is 180 Å². The van der Waals surface area contributed by atoms with E-state index in [0.29, 0.717) is 42.1 Å². The number of pyridine rings is 1. The molecule has 0 radical (unpaired) electrons. The van der Waals surface area contributed by atoms with Gasteiger partial charge in [0, 0.05) is 30.9 Å². The molecule has 1 aliphatic rings. The monoisotopic (exact) mass is 423 g/mol. The zero-order chi connectivity index (χ0) is 21.6. The van der Waals surface area contributed by atoms with Crippen LogP contribution in [-0.4, -0.2) is 50.7 Å². The molecule has 0 spiro atoms. The molecule has 0 aliphatic heterocycles. The van der Waals surface area contributed by atoms with Crippen molar-refractivity contribution >= 4 is 28.9 Å². The van der Waals surface area contributed by atoms with Gasteiger partial charge < -0.3 is 27.4 Å². The number of nitrogens with two attached hydrogens (primary N) is 2. The van der Waals surface area contributed by atoms with Crippen molar-refractivity contribution < 1.29 is 4.79 Å². The standard InChI is InChI=1S/C21H29N9O/c22-9-3-11-24-16-12-19(27-15-7-5-14(23)6-8-15)29-30-17(13-26-20(16)30)21(31)28-18-4-1-2-10-25-18/h1-2,4,10,12-15,24H,3,5-9,11,22-23H2,(H,27,29)(H,25,28,31). The van der Waals surface area contributed by atoms with E-state index in [1.807, 2.05) is 12.1 Å². The normalized spacial score (nSPS) is 18.6. The molecule has 31 heavy (non-hydrogen) atoms. The van der Waals surface area contributed by atoms with E-state index in [1.54, 1.807) is 22.8 Å². The summed E-state index contributed by atoms with van der Waals surface area (Å²) < 4.78 is 1.57. The molecule has 0 saturated heterocycles. The van der Waals surface area contributed by atoms with Crippen molar-refractivity contribution in [2.45, 2.75) is 44.2 Å². The number of hydrogen-bond acceptors (Lipinski definition) is 8. The van der Waals surface area contributed by atoms with E-state index in [1.165, 1.54) is 6.20 Å². The predicted molar refractivity (Wildman–Crippen MR) is 121 cm³/mol. The molecular weight excluding hydrogens is 394 g/mol. The van der Waals surface area contributed by atoms with Gasteiger partial charge in [0.15, 0.2) is 11.3 Å². The van der Waals surface area contributed by atoms with Gasteiger partial charge in [0.2, 0.25) is 0 Å². The van der Waals surface area contributed by atoms with Gasteiger partial charge in [-0.2, -0.15) is 0 Å². The van der Waals surface area contributed by atoms with Gasteiger partial charge in [-0.3, -0.25) is 4.79 Å². The fraction of sp³-hybridized carbons (Fsp3) is 0.429. The smallest absolute Gasteiger partial charge is 0.277 e. The number of nitrogens with zero attached hydrogens (tertiary/aromatic N) is 4. The average molecular weight is 424 g/mol. The number of rotatable bonds is 8. The Balaban J connectivity index is 1.62. The van der Waals surface area contributed by atoms with Crippen LogP contribution in [0.2, 0.25) is 0 Å². The first-order valence-corrected chi connectivity index (χ1v) is 10.7. The second kappa shape index (κ2) is 9.71. The van der Waals surface area contributed by atoms with E-state index < -0.39 is 0 Å². The van der Waals surface area contributed by atoms with Gasteiger partial charge in [-0.15, -0.1) is 5.10 Å². The average Bonchev–Trinajstić information content (AvgIpc) is 3.20. The molecule has 3 heterocycles. The number of hydrogen-bond donors (Lipinski definition) is 5. The molecule has 164 valence electrons. The molecule has 3 aromatic rings. The van der Waals surface area contributed by atoms with Crippen LogP contribution in [0.3, 0.4) is 0 Å². The second-order valence-electron chi connectivity index (χ2n) is 7.82. The van der Waals surface area contributed by atoms with Crippen LogP contribution in [0.5, 0.6) is 0 Å². The van der Waals surface area contributed by atoms with Crippen LogP contribution in [0, 0.1) is 0 Å². The first-order valence-electron chi connectivity index (χ1n) is 10.7. The Morgan fingerprint density at radius 1 is 1.16 bits per heavy atom. The number of fused-ring (bicyclic) bond motifs is 1. The molecule has 3 aromatic heterocycles. The van der Waals surface area contributed by atoms with Gasteiger partial charge in [0.1, 0.15) is 11.6 Å². The summed E-state index contributed by atoms with van der Waals surface area (Å²) in [5, 5.41) is 14.3. The molecule has 0 atom stereocenters. The van der Waals surface area contributed by atoms with E-state index in [-0.39, 0.29) is 11.9 Å². The summed E-state index contributed by atoms with van der Waals surface area (Å²) in [5.74, 6) is 0.831. The summed E-state index contributed by atoms with van der Waals surface area (Å²) >= 11 is 0. The van der Waals surface area contributed by atoms with E-state index in [4.69, 9.17) is 11.5 Å².